The van der Waals surface area contributed by atoms with Crippen LogP contribution in [-0.2, 0) is 0 Å². The fraction of sp³-hybridized carbons (Fsp3) is 0.364. The molecule has 0 aliphatic carbocycles. The standard InChI is InChI=1S/C11H13ClN2O/c12-7-3-4-9(13)8(6-7)11(15)10-2-1-5-14-10/h3-4,6,10,14H,1-2,5,13H2. The minimum atomic E-state index is -0.0919. The predicted molar refractivity (Wildman–Crippen MR) is 61.2 cm³/mol. The van der Waals surface area contributed by atoms with Crippen LogP contribution in [-0.4, -0.2) is 18.4 Å². The summed E-state index contributed by atoms with van der Waals surface area (Å²) in [4.78, 5) is 12.0. The van der Waals surface area contributed by atoms with Crippen LogP contribution in [0, 0.1) is 0 Å². The highest BCUT2D eigenvalue weighted by Gasteiger charge is 2.24. The Labute approximate surface area is 93.6 Å². The SMILES string of the molecule is Nc1ccc(Cl)cc1C(=O)C1CCCN1. The molecular formula is C11H13ClN2O. The van der Waals surface area contributed by atoms with Crippen molar-refractivity contribution in [2.24, 2.45) is 0 Å². The fourth-order valence-corrected chi connectivity index (χ4v) is 2.01. The number of carbonyl (C=O) groups is 1. The molecule has 0 bridgehead atoms. The normalized spacial score (nSPS) is 20.5. The maximum absolute atomic E-state index is 12.0. The maximum atomic E-state index is 12.0. The highest BCUT2D eigenvalue weighted by molar-refractivity contribution is 6.31. The number of benzene rings is 1. The van der Waals surface area contributed by atoms with Gasteiger partial charge in [-0.15, -0.1) is 0 Å². The summed E-state index contributed by atoms with van der Waals surface area (Å²) in [6.07, 6.45) is 1.92. The number of nitrogens with one attached hydrogen (secondary N) is 1. The Morgan fingerprint density at radius 2 is 2.33 bits per heavy atom. The Morgan fingerprint density at radius 3 is 3.00 bits per heavy atom. The first kappa shape index (κ1) is 10.5. The summed E-state index contributed by atoms with van der Waals surface area (Å²) < 4.78 is 0. The second kappa shape index (κ2) is 4.21. The topological polar surface area (TPSA) is 55.1 Å². The monoisotopic (exact) mass is 224 g/mol. The average molecular weight is 225 g/mol. The molecule has 15 heavy (non-hydrogen) atoms. The van der Waals surface area contributed by atoms with Crippen LogP contribution in [0.5, 0.6) is 0 Å². The summed E-state index contributed by atoms with van der Waals surface area (Å²) in [5.41, 5.74) is 6.78. The highest BCUT2D eigenvalue weighted by Crippen LogP contribution is 2.21. The molecule has 80 valence electrons. The van der Waals surface area contributed by atoms with Crippen LogP contribution in [0.25, 0.3) is 0 Å². The lowest BCUT2D eigenvalue weighted by molar-refractivity contribution is 0.0953. The van der Waals surface area contributed by atoms with Gasteiger partial charge in [-0.2, -0.15) is 0 Å². The van der Waals surface area contributed by atoms with Gasteiger partial charge in [-0.3, -0.25) is 4.79 Å². The number of nitrogen functional groups attached to an aromatic ring is 1. The number of hydrogen-bond donors (Lipinski definition) is 2. The van der Waals surface area contributed by atoms with Gasteiger partial charge in [0.25, 0.3) is 0 Å². The zero-order valence-electron chi connectivity index (χ0n) is 8.29. The molecule has 0 saturated carbocycles. The molecule has 1 fully saturated rings. The predicted octanol–water partition coefficient (Wildman–Crippen LogP) is 1.86. The van der Waals surface area contributed by atoms with Gasteiger partial charge in [0.15, 0.2) is 5.78 Å². The van der Waals surface area contributed by atoms with Crippen molar-refractivity contribution in [3.8, 4) is 0 Å². The maximum Gasteiger partial charge on any atom is 0.181 e. The molecule has 1 unspecified atom stereocenters. The number of carbonyl (C=O) groups excluding carboxylic acids is 1. The van der Waals surface area contributed by atoms with E-state index in [1.807, 2.05) is 0 Å². The summed E-state index contributed by atoms with van der Waals surface area (Å²) in [6.45, 7) is 0.900. The van der Waals surface area contributed by atoms with Gasteiger partial charge in [-0.05, 0) is 37.6 Å². The Balaban J connectivity index is 2.27. The van der Waals surface area contributed by atoms with E-state index in [4.69, 9.17) is 17.3 Å². The molecule has 3 nitrogen and oxygen atoms in total. The van der Waals surface area contributed by atoms with Gasteiger partial charge in [0.2, 0.25) is 0 Å². The third-order valence-corrected chi connectivity index (χ3v) is 2.89. The second-order valence-corrected chi connectivity index (χ2v) is 4.18. The van der Waals surface area contributed by atoms with Crippen LogP contribution < -0.4 is 11.1 Å². The zero-order chi connectivity index (χ0) is 10.8. The first-order chi connectivity index (χ1) is 7.18. The first-order valence-corrected chi connectivity index (χ1v) is 5.39. The number of ketones is 1. The van der Waals surface area contributed by atoms with Crippen molar-refractivity contribution >= 4 is 23.1 Å². The smallest absolute Gasteiger partial charge is 0.181 e. The second-order valence-electron chi connectivity index (χ2n) is 3.74. The molecule has 0 spiro atoms. The quantitative estimate of drug-likeness (QED) is 0.596. The third kappa shape index (κ3) is 2.13. The molecule has 1 aromatic rings. The van der Waals surface area contributed by atoms with Crippen molar-refractivity contribution in [1.29, 1.82) is 0 Å². The van der Waals surface area contributed by atoms with Crippen molar-refractivity contribution < 1.29 is 4.79 Å². The molecular weight excluding hydrogens is 212 g/mol. The van der Waals surface area contributed by atoms with E-state index in [0.29, 0.717) is 16.3 Å². The van der Waals surface area contributed by atoms with E-state index < -0.39 is 0 Å². The van der Waals surface area contributed by atoms with Gasteiger partial charge in [0.05, 0.1) is 6.04 Å². The van der Waals surface area contributed by atoms with E-state index in [-0.39, 0.29) is 11.8 Å². The summed E-state index contributed by atoms with van der Waals surface area (Å²) in [7, 11) is 0. The van der Waals surface area contributed by atoms with Crippen LogP contribution >= 0.6 is 11.6 Å². The van der Waals surface area contributed by atoms with Gasteiger partial charge in [0.1, 0.15) is 0 Å². The molecule has 2 rings (SSSR count). The molecule has 1 aliphatic heterocycles. The van der Waals surface area contributed by atoms with E-state index in [1.165, 1.54) is 0 Å². The molecule has 1 saturated heterocycles. The molecule has 0 aromatic heterocycles. The van der Waals surface area contributed by atoms with E-state index in [0.717, 1.165) is 19.4 Å². The number of Topliss-reactive ketones (excluding diaryl/α,β-unsaturated/α-hetero) is 1. The Bertz CT molecular complexity index is 386. The molecule has 0 amide bonds. The third-order valence-electron chi connectivity index (χ3n) is 2.66. The van der Waals surface area contributed by atoms with Gasteiger partial charge >= 0.3 is 0 Å². The van der Waals surface area contributed by atoms with Crippen LogP contribution in [0.4, 0.5) is 5.69 Å². The molecule has 0 radical (unpaired) electrons. The fourth-order valence-electron chi connectivity index (χ4n) is 1.84. The van der Waals surface area contributed by atoms with Gasteiger partial charge in [-0.1, -0.05) is 11.6 Å². The summed E-state index contributed by atoms with van der Waals surface area (Å²) in [5.74, 6) is 0.0486. The van der Waals surface area contributed by atoms with E-state index in [2.05, 4.69) is 5.32 Å². The lowest BCUT2D eigenvalue weighted by Crippen LogP contribution is -2.31. The summed E-state index contributed by atoms with van der Waals surface area (Å²) >= 11 is 5.84. The number of nitrogens with two attached hydrogens (primary N) is 1. The molecule has 3 N–H and O–H groups in total. The molecule has 1 atom stereocenters. The van der Waals surface area contributed by atoms with E-state index in [9.17, 15) is 4.79 Å². The summed E-state index contributed by atoms with van der Waals surface area (Å²) in [5, 5.41) is 3.70. The van der Waals surface area contributed by atoms with Crippen molar-refractivity contribution in [3.05, 3.63) is 28.8 Å². The number of anilines is 1. The van der Waals surface area contributed by atoms with Gasteiger partial charge < -0.3 is 11.1 Å². The largest absolute Gasteiger partial charge is 0.398 e. The van der Waals surface area contributed by atoms with Crippen LogP contribution in [0.2, 0.25) is 5.02 Å². The molecule has 1 aliphatic rings. The van der Waals surface area contributed by atoms with E-state index in [1.54, 1.807) is 18.2 Å². The van der Waals surface area contributed by atoms with E-state index >= 15 is 0 Å². The average Bonchev–Trinajstić information content (AvgIpc) is 2.74. The van der Waals surface area contributed by atoms with Crippen molar-refractivity contribution in [2.75, 3.05) is 12.3 Å². The Hall–Kier alpha value is -1.06. The van der Waals surface area contributed by atoms with Gasteiger partial charge in [-0.25, -0.2) is 0 Å². The van der Waals surface area contributed by atoms with Crippen molar-refractivity contribution in [2.45, 2.75) is 18.9 Å². The number of rotatable bonds is 2. The van der Waals surface area contributed by atoms with Crippen molar-refractivity contribution in [3.63, 3.8) is 0 Å². The molecule has 1 aromatic carbocycles. The number of hydrogen-bond acceptors (Lipinski definition) is 3. The van der Waals surface area contributed by atoms with Crippen molar-refractivity contribution in [1.82, 2.24) is 5.32 Å². The minimum Gasteiger partial charge on any atom is -0.398 e. The Morgan fingerprint density at radius 1 is 1.53 bits per heavy atom. The lowest BCUT2D eigenvalue weighted by atomic mass is 10.0. The number of halogens is 1. The highest BCUT2D eigenvalue weighted by atomic mass is 35.5. The lowest BCUT2D eigenvalue weighted by Gasteiger charge is -2.11. The minimum absolute atomic E-state index is 0.0486. The van der Waals surface area contributed by atoms with Crippen LogP contribution in [0.1, 0.15) is 23.2 Å². The van der Waals surface area contributed by atoms with Gasteiger partial charge in [0, 0.05) is 16.3 Å². The summed E-state index contributed by atoms with van der Waals surface area (Å²) in [6, 6.07) is 4.91. The molecule has 4 heteroatoms. The zero-order valence-corrected chi connectivity index (χ0v) is 9.05. The Kier molecular flexibility index (Phi) is 2.93. The first-order valence-electron chi connectivity index (χ1n) is 5.01. The molecule has 1 heterocycles. The van der Waals surface area contributed by atoms with Crippen LogP contribution in [0.3, 0.4) is 0 Å². The van der Waals surface area contributed by atoms with Crippen LogP contribution in [0.15, 0.2) is 18.2 Å².